The molecule has 0 fully saturated rings. The summed E-state index contributed by atoms with van der Waals surface area (Å²) in [5.41, 5.74) is 10.2. The Morgan fingerprint density at radius 3 is 2.60 bits per heavy atom. The van der Waals surface area contributed by atoms with Crippen molar-refractivity contribution in [3.63, 3.8) is 0 Å². The number of aromatic nitrogens is 2. The lowest BCUT2D eigenvalue weighted by molar-refractivity contribution is 0.567. The summed E-state index contributed by atoms with van der Waals surface area (Å²) >= 11 is 0. The van der Waals surface area contributed by atoms with E-state index in [-0.39, 0.29) is 0 Å². The molecule has 1 atom stereocenters. The van der Waals surface area contributed by atoms with Gasteiger partial charge in [-0.2, -0.15) is 0 Å². The molecule has 3 N–H and O–H groups in total. The maximum Gasteiger partial charge on any atom is 0.131 e. The lowest BCUT2D eigenvalue weighted by atomic mass is 9.92. The molecule has 0 radical (unpaired) electrons. The van der Waals surface area contributed by atoms with Crippen LogP contribution >= 0.6 is 0 Å². The average Bonchev–Trinajstić information content (AvgIpc) is 2.91. The molecule has 0 aliphatic carbocycles. The van der Waals surface area contributed by atoms with E-state index in [1.807, 2.05) is 37.3 Å². The fourth-order valence-electron chi connectivity index (χ4n) is 2.44. The van der Waals surface area contributed by atoms with E-state index >= 15 is 0 Å². The molecule has 3 nitrogen and oxygen atoms in total. The minimum absolute atomic E-state index is 0.618. The van der Waals surface area contributed by atoms with E-state index in [9.17, 15) is 0 Å². The second kappa shape index (κ2) is 4.76. The van der Waals surface area contributed by atoms with Gasteiger partial charge in [0.1, 0.15) is 5.82 Å². The van der Waals surface area contributed by atoms with E-state index in [2.05, 4.69) is 35.1 Å². The number of benzene rings is 2. The molecule has 0 bridgehead atoms. The molecule has 0 amide bonds. The van der Waals surface area contributed by atoms with Gasteiger partial charge in [-0.25, -0.2) is 4.98 Å². The number of hydrogen-bond donors (Lipinski definition) is 2. The molecule has 1 heterocycles. The maximum absolute atomic E-state index is 6.50. The lowest BCUT2D eigenvalue weighted by Crippen LogP contribution is -2.35. The molecule has 3 rings (SSSR count). The van der Waals surface area contributed by atoms with Crippen LogP contribution in [-0.2, 0) is 12.0 Å². The highest BCUT2D eigenvalue weighted by Gasteiger charge is 2.27. The monoisotopic (exact) mass is 265 g/mol. The van der Waals surface area contributed by atoms with Crippen LogP contribution in [0.15, 0.2) is 48.5 Å². The maximum atomic E-state index is 6.50. The van der Waals surface area contributed by atoms with E-state index < -0.39 is 5.54 Å². The van der Waals surface area contributed by atoms with Gasteiger partial charge in [0, 0.05) is 0 Å². The highest BCUT2D eigenvalue weighted by Crippen LogP contribution is 2.26. The van der Waals surface area contributed by atoms with Crippen molar-refractivity contribution in [3.8, 4) is 0 Å². The van der Waals surface area contributed by atoms with Crippen molar-refractivity contribution in [2.24, 2.45) is 5.73 Å². The molecule has 20 heavy (non-hydrogen) atoms. The van der Waals surface area contributed by atoms with Crippen LogP contribution in [0, 0.1) is 0 Å². The smallest absolute Gasteiger partial charge is 0.131 e. The highest BCUT2D eigenvalue weighted by atomic mass is 15.0. The zero-order valence-corrected chi connectivity index (χ0v) is 11.9. The Bertz CT molecular complexity index is 726. The van der Waals surface area contributed by atoms with Crippen LogP contribution in [0.2, 0.25) is 0 Å². The standard InChI is InChI=1S/C17H19N3/c1-3-12-9-10-14-15(11-12)20-16(19-14)17(2,18)13-7-5-4-6-8-13/h4-11H,3,18H2,1-2H3,(H,19,20). The van der Waals surface area contributed by atoms with Crippen molar-refractivity contribution in [2.45, 2.75) is 25.8 Å². The fourth-order valence-corrected chi connectivity index (χ4v) is 2.44. The van der Waals surface area contributed by atoms with Gasteiger partial charge in [0.15, 0.2) is 0 Å². The Kier molecular flexibility index (Phi) is 3.07. The Labute approximate surface area is 118 Å². The second-order valence-corrected chi connectivity index (χ2v) is 5.36. The van der Waals surface area contributed by atoms with Crippen molar-refractivity contribution < 1.29 is 0 Å². The molecular weight excluding hydrogens is 246 g/mol. The van der Waals surface area contributed by atoms with E-state index in [4.69, 9.17) is 5.73 Å². The molecular formula is C17H19N3. The highest BCUT2D eigenvalue weighted by molar-refractivity contribution is 5.76. The zero-order chi connectivity index (χ0) is 14.2. The topological polar surface area (TPSA) is 54.7 Å². The number of nitrogens with two attached hydrogens (primary N) is 1. The number of imidazole rings is 1. The number of fused-ring (bicyclic) bond motifs is 1. The van der Waals surface area contributed by atoms with Crippen LogP contribution in [0.4, 0.5) is 0 Å². The van der Waals surface area contributed by atoms with Gasteiger partial charge in [0.2, 0.25) is 0 Å². The molecule has 0 spiro atoms. The second-order valence-electron chi connectivity index (χ2n) is 5.36. The van der Waals surface area contributed by atoms with Gasteiger partial charge in [0.05, 0.1) is 16.6 Å². The number of H-pyrrole nitrogens is 1. The number of rotatable bonds is 3. The van der Waals surface area contributed by atoms with Crippen LogP contribution in [0.1, 0.15) is 30.8 Å². The summed E-state index contributed by atoms with van der Waals surface area (Å²) in [6, 6.07) is 16.4. The first kappa shape index (κ1) is 12.9. The zero-order valence-electron chi connectivity index (χ0n) is 11.9. The number of aromatic amines is 1. The van der Waals surface area contributed by atoms with E-state index in [0.29, 0.717) is 0 Å². The quantitative estimate of drug-likeness (QED) is 0.763. The van der Waals surface area contributed by atoms with Crippen LogP contribution in [0.25, 0.3) is 11.0 Å². The Morgan fingerprint density at radius 1 is 1.15 bits per heavy atom. The van der Waals surface area contributed by atoms with Gasteiger partial charge in [-0.3, -0.25) is 0 Å². The van der Waals surface area contributed by atoms with Gasteiger partial charge in [-0.1, -0.05) is 43.3 Å². The number of hydrogen-bond acceptors (Lipinski definition) is 2. The fraction of sp³-hybridized carbons (Fsp3) is 0.235. The van der Waals surface area contributed by atoms with Crippen LogP contribution < -0.4 is 5.73 Å². The summed E-state index contributed by atoms with van der Waals surface area (Å²) in [6.07, 6.45) is 1.02. The number of aryl methyl sites for hydroxylation is 1. The summed E-state index contributed by atoms with van der Waals surface area (Å²) < 4.78 is 0. The van der Waals surface area contributed by atoms with Crippen molar-refractivity contribution in [3.05, 3.63) is 65.5 Å². The molecule has 3 heteroatoms. The van der Waals surface area contributed by atoms with Gasteiger partial charge < -0.3 is 10.7 Å². The van der Waals surface area contributed by atoms with Crippen LogP contribution in [0.5, 0.6) is 0 Å². The molecule has 0 saturated carbocycles. The predicted octanol–water partition coefficient (Wildman–Crippen LogP) is 3.35. The van der Waals surface area contributed by atoms with Crippen LogP contribution in [-0.4, -0.2) is 9.97 Å². The first-order valence-corrected chi connectivity index (χ1v) is 6.95. The Balaban J connectivity index is 2.10. The summed E-state index contributed by atoms with van der Waals surface area (Å²) in [6.45, 7) is 4.14. The number of nitrogens with zero attached hydrogens (tertiary/aromatic N) is 1. The SMILES string of the molecule is CCc1ccc2nc(C(C)(N)c3ccccc3)[nH]c2c1. The molecule has 1 unspecified atom stereocenters. The van der Waals surface area contributed by atoms with Crippen molar-refractivity contribution in [2.75, 3.05) is 0 Å². The van der Waals surface area contributed by atoms with Crippen molar-refractivity contribution in [1.82, 2.24) is 9.97 Å². The summed E-state index contributed by atoms with van der Waals surface area (Å²) in [4.78, 5) is 8.03. The summed E-state index contributed by atoms with van der Waals surface area (Å²) in [7, 11) is 0. The van der Waals surface area contributed by atoms with E-state index in [1.54, 1.807) is 0 Å². The summed E-state index contributed by atoms with van der Waals surface area (Å²) in [5, 5.41) is 0. The Morgan fingerprint density at radius 2 is 1.90 bits per heavy atom. The van der Waals surface area contributed by atoms with Gasteiger partial charge >= 0.3 is 0 Å². The predicted molar refractivity (Wildman–Crippen MR) is 82.6 cm³/mol. The minimum atomic E-state index is -0.618. The third kappa shape index (κ3) is 2.10. The van der Waals surface area contributed by atoms with E-state index in [1.165, 1.54) is 5.56 Å². The van der Waals surface area contributed by atoms with Gasteiger partial charge in [-0.05, 0) is 36.6 Å². The molecule has 0 aliphatic heterocycles. The van der Waals surface area contributed by atoms with Gasteiger partial charge in [-0.15, -0.1) is 0 Å². The largest absolute Gasteiger partial charge is 0.340 e. The van der Waals surface area contributed by atoms with Crippen molar-refractivity contribution >= 4 is 11.0 Å². The molecule has 0 saturated heterocycles. The third-order valence-corrected chi connectivity index (χ3v) is 3.82. The van der Waals surface area contributed by atoms with Gasteiger partial charge in [0.25, 0.3) is 0 Å². The molecule has 1 aromatic heterocycles. The van der Waals surface area contributed by atoms with Crippen LogP contribution in [0.3, 0.4) is 0 Å². The van der Waals surface area contributed by atoms with E-state index in [0.717, 1.165) is 28.8 Å². The third-order valence-electron chi connectivity index (χ3n) is 3.82. The number of nitrogens with one attached hydrogen (secondary N) is 1. The first-order valence-electron chi connectivity index (χ1n) is 6.95. The molecule has 2 aromatic carbocycles. The molecule has 102 valence electrons. The minimum Gasteiger partial charge on any atom is -0.340 e. The normalized spacial score (nSPS) is 14.3. The van der Waals surface area contributed by atoms with Crippen molar-refractivity contribution in [1.29, 1.82) is 0 Å². The average molecular weight is 265 g/mol. The molecule has 0 aliphatic rings. The Hall–Kier alpha value is -2.13. The summed E-state index contributed by atoms with van der Waals surface area (Å²) in [5.74, 6) is 0.798. The first-order chi connectivity index (χ1) is 9.61. The lowest BCUT2D eigenvalue weighted by Gasteiger charge is -2.22. The molecule has 3 aromatic rings.